The van der Waals surface area contributed by atoms with Crippen LogP contribution in [0.2, 0.25) is 0 Å². The Morgan fingerprint density at radius 3 is 2.76 bits per heavy atom. The van der Waals surface area contributed by atoms with Gasteiger partial charge in [-0.1, -0.05) is 25.5 Å². The molecule has 0 fully saturated rings. The van der Waals surface area contributed by atoms with Gasteiger partial charge < -0.3 is 16.2 Å². The van der Waals surface area contributed by atoms with Gasteiger partial charge in [-0.2, -0.15) is 0 Å². The zero-order chi connectivity index (χ0) is 11.8. The number of unbranched alkanes of at least 4 members (excludes halogenated alkanes) is 1. The molecule has 0 aliphatic heterocycles. The van der Waals surface area contributed by atoms with Crippen molar-refractivity contribution >= 4 is 29.9 Å². The molecule has 1 aromatic carbocycles. The summed E-state index contributed by atoms with van der Waals surface area (Å²) in [5.41, 5.74) is 11.6. The van der Waals surface area contributed by atoms with Crippen LogP contribution in [0.4, 0.5) is 0 Å². The molecule has 0 bridgehead atoms. The van der Waals surface area contributed by atoms with Crippen LogP contribution in [-0.2, 0) is 6.54 Å². The maximum atomic E-state index is 5.58. The molecule has 0 saturated heterocycles. The molecule has 1 aromatic rings. The molecule has 4 nitrogen and oxygen atoms in total. The topological polar surface area (TPSA) is 73.6 Å². The molecule has 0 spiro atoms. The molecule has 0 aliphatic rings. The number of guanidine groups is 1. The fourth-order valence-electron chi connectivity index (χ4n) is 1.25. The number of benzene rings is 1. The molecule has 5 heteroatoms. The quantitative estimate of drug-likeness (QED) is 0.358. The number of ether oxygens (including phenoxy) is 1. The third-order valence-electron chi connectivity index (χ3n) is 2.11. The minimum Gasteiger partial charge on any atom is -0.494 e. The van der Waals surface area contributed by atoms with Gasteiger partial charge in [0, 0.05) is 0 Å². The van der Waals surface area contributed by atoms with Gasteiger partial charge in [-0.3, -0.25) is 0 Å². The lowest BCUT2D eigenvalue weighted by Gasteiger charge is -2.06. The highest BCUT2D eigenvalue weighted by molar-refractivity contribution is 14.0. The van der Waals surface area contributed by atoms with Gasteiger partial charge in [0.2, 0.25) is 0 Å². The molecule has 0 heterocycles. The lowest BCUT2D eigenvalue weighted by molar-refractivity contribution is 0.309. The first kappa shape index (κ1) is 16.0. The van der Waals surface area contributed by atoms with Crippen LogP contribution in [0.25, 0.3) is 0 Å². The number of rotatable bonds is 6. The van der Waals surface area contributed by atoms with E-state index in [0.29, 0.717) is 6.54 Å². The predicted octanol–water partition coefficient (Wildman–Crippen LogP) is 2.26. The number of hydrogen-bond donors (Lipinski definition) is 2. The molecule has 17 heavy (non-hydrogen) atoms. The molecule has 0 aliphatic carbocycles. The van der Waals surface area contributed by atoms with Crippen molar-refractivity contribution in [3.8, 4) is 5.75 Å². The van der Waals surface area contributed by atoms with E-state index < -0.39 is 0 Å². The van der Waals surface area contributed by atoms with Crippen molar-refractivity contribution in [3.63, 3.8) is 0 Å². The average molecular weight is 349 g/mol. The highest BCUT2D eigenvalue weighted by Crippen LogP contribution is 2.14. The van der Waals surface area contributed by atoms with Crippen LogP contribution >= 0.6 is 24.0 Å². The number of aliphatic imine (C=N–C) groups is 1. The van der Waals surface area contributed by atoms with Gasteiger partial charge in [-0.25, -0.2) is 4.99 Å². The van der Waals surface area contributed by atoms with E-state index in [1.807, 2.05) is 24.3 Å². The average Bonchev–Trinajstić information content (AvgIpc) is 2.27. The molecule has 0 amide bonds. The molecular weight excluding hydrogens is 329 g/mol. The van der Waals surface area contributed by atoms with Crippen LogP contribution in [0.3, 0.4) is 0 Å². The second-order valence-corrected chi connectivity index (χ2v) is 3.59. The monoisotopic (exact) mass is 349 g/mol. The molecular formula is C12H20IN3O. The minimum atomic E-state index is 0. The molecule has 0 atom stereocenters. The summed E-state index contributed by atoms with van der Waals surface area (Å²) in [6.07, 6.45) is 2.20. The molecule has 0 aromatic heterocycles. The molecule has 96 valence electrons. The van der Waals surface area contributed by atoms with E-state index in [0.717, 1.165) is 30.8 Å². The van der Waals surface area contributed by atoms with Gasteiger partial charge >= 0.3 is 0 Å². The first-order valence-electron chi connectivity index (χ1n) is 5.49. The maximum absolute atomic E-state index is 5.58. The third-order valence-corrected chi connectivity index (χ3v) is 2.11. The van der Waals surface area contributed by atoms with E-state index in [2.05, 4.69) is 11.9 Å². The second kappa shape index (κ2) is 9.09. The predicted molar refractivity (Wildman–Crippen MR) is 81.8 cm³/mol. The summed E-state index contributed by atoms with van der Waals surface area (Å²) >= 11 is 0. The van der Waals surface area contributed by atoms with Crippen molar-refractivity contribution in [3.05, 3.63) is 29.8 Å². The fraction of sp³-hybridized carbons (Fsp3) is 0.417. The van der Waals surface area contributed by atoms with Crippen molar-refractivity contribution in [2.45, 2.75) is 26.3 Å². The Kier molecular flexibility index (Phi) is 8.57. The summed E-state index contributed by atoms with van der Waals surface area (Å²) < 4.78 is 5.58. The van der Waals surface area contributed by atoms with Crippen molar-refractivity contribution in [1.82, 2.24) is 0 Å². The SMILES string of the molecule is CCCCOc1cccc(CN=C(N)N)c1.I. The van der Waals surface area contributed by atoms with E-state index in [-0.39, 0.29) is 29.9 Å². The number of halogens is 1. The van der Waals surface area contributed by atoms with Crippen molar-refractivity contribution in [2.24, 2.45) is 16.5 Å². The smallest absolute Gasteiger partial charge is 0.186 e. The van der Waals surface area contributed by atoms with Crippen LogP contribution < -0.4 is 16.2 Å². The van der Waals surface area contributed by atoms with Gasteiger partial charge in [0.1, 0.15) is 5.75 Å². The van der Waals surface area contributed by atoms with Crippen LogP contribution in [0.5, 0.6) is 5.75 Å². The van der Waals surface area contributed by atoms with Gasteiger partial charge in [0.15, 0.2) is 5.96 Å². The van der Waals surface area contributed by atoms with Crippen LogP contribution in [0.1, 0.15) is 25.3 Å². The van der Waals surface area contributed by atoms with Crippen molar-refractivity contribution in [2.75, 3.05) is 6.61 Å². The van der Waals surface area contributed by atoms with Crippen molar-refractivity contribution < 1.29 is 4.74 Å². The Hall–Kier alpha value is -0.980. The van der Waals surface area contributed by atoms with E-state index >= 15 is 0 Å². The highest BCUT2D eigenvalue weighted by Gasteiger charge is 1.96. The zero-order valence-corrected chi connectivity index (χ0v) is 12.4. The summed E-state index contributed by atoms with van der Waals surface area (Å²) in [6, 6.07) is 7.81. The summed E-state index contributed by atoms with van der Waals surface area (Å²) in [5, 5.41) is 0. The van der Waals surface area contributed by atoms with E-state index in [9.17, 15) is 0 Å². The Labute approximate surface area is 119 Å². The molecule has 0 radical (unpaired) electrons. The Morgan fingerprint density at radius 2 is 2.12 bits per heavy atom. The Bertz CT molecular complexity index is 351. The Morgan fingerprint density at radius 1 is 1.35 bits per heavy atom. The highest BCUT2D eigenvalue weighted by atomic mass is 127. The summed E-state index contributed by atoms with van der Waals surface area (Å²) in [5.74, 6) is 0.981. The molecule has 0 saturated carbocycles. The van der Waals surface area contributed by atoms with Crippen LogP contribution in [0, 0.1) is 0 Å². The van der Waals surface area contributed by atoms with Crippen LogP contribution in [0.15, 0.2) is 29.3 Å². The van der Waals surface area contributed by atoms with E-state index in [1.165, 1.54) is 0 Å². The standard InChI is InChI=1S/C12H19N3O.HI/c1-2-3-7-16-11-6-4-5-10(8-11)9-15-12(13)14;/h4-6,8H,2-3,7,9H2,1H3,(H4,13,14,15);1H. The van der Waals surface area contributed by atoms with E-state index in [1.54, 1.807) is 0 Å². The molecule has 1 rings (SSSR count). The summed E-state index contributed by atoms with van der Waals surface area (Å²) in [6.45, 7) is 3.38. The lowest BCUT2D eigenvalue weighted by Crippen LogP contribution is -2.22. The normalized spacial score (nSPS) is 9.24. The minimum absolute atomic E-state index is 0. The van der Waals surface area contributed by atoms with Gasteiger partial charge in [0.05, 0.1) is 13.2 Å². The fourth-order valence-corrected chi connectivity index (χ4v) is 1.25. The second-order valence-electron chi connectivity index (χ2n) is 3.59. The first-order chi connectivity index (χ1) is 7.72. The summed E-state index contributed by atoms with van der Waals surface area (Å²) in [4.78, 5) is 3.95. The Balaban J connectivity index is 0.00000256. The largest absolute Gasteiger partial charge is 0.494 e. The number of hydrogen-bond acceptors (Lipinski definition) is 2. The molecule has 4 N–H and O–H groups in total. The van der Waals surface area contributed by atoms with Crippen LogP contribution in [-0.4, -0.2) is 12.6 Å². The maximum Gasteiger partial charge on any atom is 0.186 e. The van der Waals surface area contributed by atoms with Gasteiger partial charge in [-0.15, -0.1) is 24.0 Å². The van der Waals surface area contributed by atoms with Gasteiger partial charge in [-0.05, 0) is 24.1 Å². The summed E-state index contributed by atoms with van der Waals surface area (Å²) in [7, 11) is 0. The number of nitrogens with zero attached hydrogens (tertiary/aromatic N) is 1. The lowest BCUT2D eigenvalue weighted by atomic mass is 10.2. The van der Waals surface area contributed by atoms with E-state index in [4.69, 9.17) is 16.2 Å². The third kappa shape index (κ3) is 7.04. The molecule has 0 unspecified atom stereocenters. The van der Waals surface area contributed by atoms with Gasteiger partial charge in [0.25, 0.3) is 0 Å². The van der Waals surface area contributed by atoms with Crippen molar-refractivity contribution in [1.29, 1.82) is 0 Å². The number of nitrogens with two attached hydrogens (primary N) is 2. The first-order valence-corrected chi connectivity index (χ1v) is 5.49. The zero-order valence-electron chi connectivity index (χ0n) is 10.1.